The number of nitrogens with zero attached hydrogens (tertiary/aromatic N) is 1. The van der Waals surface area contributed by atoms with Crippen LogP contribution in [0.2, 0.25) is 15.1 Å². The molecular weight excluding hydrogens is 475 g/mol. The van der Waals surface area contributed by atoms with Crippen molar-refractivity contribution in [2.45, 2.75) is 50.6 Å². The first-order chi connectivity index (χ1) is 14.9. The lowest BCUT2D eigenvalue weighted by Gasteiger charge is -2.31. The molecule has 2 aromatic rings. The SMILES string of the molecule is CCCNC(=O)[C@H](CC)N(Cc1c(Cl)cccc1Cl)C(=O)CCSc1ccc(Cl)cc1. The van der Waals surface area contributed by atoms with E-state index >= 15 is 0 Å². The maximum atomic E-state index is 13.2. The Labute approximate surface area is 203 Å². The van der Waals surface area contributed by atoms with Crippen LogP contribution >= 0.6 is 46.6 Å². The number of thioether (sulfide) groups is 1. The molecule has 31 heavy (non-hydrogen) atoms. The smallest absolute Gasteiger partial charge is 0.242 e. The van der Waals surface area contributed by atoms with Gasteiger partial charge in [0, 0.05) is 50.8 Å². The van der Waals surface area contributed by atoms with Gasteiger partial charge in [-0.3, -0.25) is 9.59 Å². The Hall–Kier alpha value is -1.40. The molecule has 1 N–H and O–H groups in total. The number of benzene rings is 2. The summed E-state index contributed by atoms with van der Waals surface area (Å²) in [6.07, 6.45) is 1.60. The largest absolute Gasteiger partial charge is 0.354 e. The van der Waals surface area contributed by atoms with Gasteiger partial charge in [0.05, 0.1) is 0 Å². The third-order valence-corrected chi connectivity index (χ3v) is 6.70. The van der Waals surface area contributed by atoms with E-state index in [-0.39, 0.29) is 24.8 Å². The molecular formula is C23H27Cl3N2O2S. The fourth-order valence-electron chi connectivity index (χ4n) is 3.07. The number of halogens is 3. The van der Waals surface area contributed by atoms with Gasteiger partial charge in [0.2, 0.25) is 11.8 Å². The minimum Gasteiger partial charge on any atom is -0.354 e. The molecule has 0 fully saturated rings. The molecule has 0 saturated carbocycles. The maximum Gasteiger partial charge on any atom is 0.242 e. The van der Waals surface area contributed by atoms with Gasteiger partial charge in [0.25, 0.3) is 0 Å². The minimum atomic E-state index is -0.591. The van der Waals surface area contributed by atoms with E-state index in [0.717, 1.165) is 11.3 Å². The number of hydrogen-bond acceptors (Lipinski definition) is 3. The molecule has 2 rings (SSSR count). The summed E-state index contributed by atoms with van der Waals surface area (Å²) in [6, 6.07) is 12.1. The number of carbonyl (C=O) groups is 2. The lowest BCUT2D eigenvalue weighted by atomic mass is 10.1. The van der Waals surface area contributed by atoms with Crippen molar-refractivity contribution in [3.8, 4) is 0 Å². The van der Waals surface area contributed by atoms with Crippen LogP contribution in [-0.2, 0) is 16.1 Å². The summed E-state index contributed by atoms with van der Waals surface area (Å²) in [7, 11) is 0. The van der Waals surface area contributed by atoms with Gasteiger partial charge in [-0.15, -0.1) is 11.8 Å². The number of carbonyl (C=O) groups excluding carboxylic acids is 2. The fraction of sp³-hybridized carbons (Fsp3) is 0.391. The fourth-order valence-corrected chi connectivity index (χ4v) is 4.55. The normalized spacial score (nSPS) is 11.8. The van der Waals surface area contributed by atoms with Gasteiger partial charge < -0.3 is 10.2 Å². The van der Waals surface area contributed by atoms with E-state index in [9.17, 15) is 9.59 Å². The summed E-state index contributed by atoms with van der Waals surface area (Å²) in [4.78, 5) is 28.6. The molecule has 0 saturated heterocycles. The average Bonchev–Trinajstić information content (AvgIpc) is 2.75. The van der Waals surface area contributed by atoms with E-state index in [1.165, 1.54) is 0 Å². The number of amides is 2. The molecule has 2 amide bonds. The van der Waals surface area contributed by atoms with Gasteiger partial charge in [-0.1, -0.05) is 54.7 Å². The molecule has 0 bridgehead atoms. The Morgan fingerprint density at radius 1 is 1.03 bits per heavy atom. The van der Waals surface area contributed by atoms with Gasteiger partial charge in [-0.25, -0.2) is 0 Å². The Bertz CT molecular complexity index is 857. The second-order valence-electron chi connectivity index (χ2n) is 6.99. The zero-order chi connectivity index (χ0) is 22.8. The van der Waals surface area contributed by atoms with Crippen molar-refractivity contribution >= 4 is 58.4 Å². The summed E-state index contributed by atoms with van der Waals surface area (Å²) in [5.74, 6) is 0.308. The topological polar surface area (TPSA) is 49.4 Å². The first-order valence-corrected chi connectivity index (χ1v) is 12.4. The van der Waals surface area contributed by atoms with E-state index < -0.39 is 6.04 Å². The Morgan fingerprint density at radius 2 is 1.68 bits per heavy atom. The van der Waals surface area contributed by atoms with Crippen LogP contribution in [0, 0.1) is 0 Å². The van der Waals surface area contributed by atoms with E-state index in [2.05, 4.69) is 5.32 Å². The van der Waals surface area contributed by atoms with E-state index in [4.69, 9.17) is 34.8 Å². The molecule has 0 aliphatic carbocycles. The second kappa shape index (κ2) is 13.2. The monoisotopic (exact) mass is 500 g/mol. The predicted octanol–water partition coefficient (Wildman–Crippen LogP) is 6.46. The summed E-state index contributed by atoms with van der Waals surface area (Å²) in [6.45, 7) is 4.63. The summed E-state index contributed by atoms with van der Waals surface area (Å²) in [5.41, 5.74) is 0.645. The van der Waals surface area contributed by atoms with E-state index in [1.807, 2.05) is 38.1 Å². The van der Waals surface area contributed by atoms with Crippen LogP contribution in [0.15, 0.2) is 47.4 Å². The van der Waals surface area contributed by atoms with Gasteiger partial charge in [0.1, 0.15) is 6.04 Å². The van der Waals surface area contributed by atoms with Crippen molar-refractivity contribution in [3.63, 3.8) is 0 Å². The van der Waals surface area contributed by atoms with Crippen LogP contribution in [0.3, 0.4) is 0 Å². The highest BCUT2D eigenvalue weighted by Gasteiger charge is 2.29. The highest BCUT2D eigenvalue weighted by molar-refractivity contribution is 7.99. The predicted molar refractivity (Wildman–Crippen MR) is 131 cm³/mol. The summed E-state index contributed by atoms with van der Waals surface area (Å²) < 4.78 is 0. The lowest BCUT2D eigenvalue weighted by Crippen LogP contribution is -2.49. The third kappa shape index (κ3) is 7.90. The first kappa shape index (κ1) is 25.9. The Morgan fingerprint density at radius 3 is 2.26 bits per heavy atom. The molecule has 0 spiro atoms. The maximum absolute atomic E-state index is 13.2. The molecule has 0 aliphatic rings. The zero-order valence-electron chi connectivity index (χ0n) is 17.7. The molecule has 1 atom stereocenters. The van der Waals surface area contributed by atoms with Crippen LogP contribution in [0.1, 0.15) is 38.7 Å². The van der Waals surface area contributed by atoms with Crippen molar-refractivity contribution in [2.24, 2.45) is 0 Å². The summed E-state index contributed by atoms with van der Waals surface area (Å²) >= 11 is 20.2. The molecule has 0 heterocycles. The zero-order valence-corrected chi connectivity index (χ0v) is 20.8. The molecule has 0 aliphatic heterocycles. The van der Waals surface area contributed by atoms with Crippen LogP contribution in [0.25, 0.3) is 0 Å². The highest BCUT2D eigenvalue weighted by atomic mass is 35.5. The molecule has 2 aromatic carbocycles. The number of nitrogens with one attached hydrogen (secondary N) is 1. The number of rotatable bonds is 11. The summed E-state index contributed by atoms with van der Waals surface area (Å²) in [5, 5.41) is 4.53. The van der Waals surface area contributed by atoms with Crippen molar-refractivity contribution in [1.82, 2.24) is 10.2 Å². The van der Waals surface area contributed by atoms with Crippen molar-refractivity contribution in [1.29, 1.82) is 0 Å². The van der Waals surface area contributed by atoms with Crippen molar-refractivity contribution in [3.05, 3.63) is 63.1 Å². The standard InChI is InChI=1S/C23H27Cl3N2O2S/c1-3-13-27-23(30)21(4-2)28(15-18-19(25)6-5-7-20(18)26)22(29)12-14-31-17-10-8-16(24)9-11-17/h5-11,21H,3-4,12-15H2,1-2H3,(H,27,30)/t21-/m0/s1. The van der Waals surface area contributed by atoms with Crippen LogP contribution in [-0.4, -0.2) is 35.1 Å². The van der Waals surface area contributed by atoms with E-state index in [0.29, 0.717) is 39.3 Å². The van der Waals surface area contributed by atoms with Crippen LogP contribution in [0.4, 0.5) is 0 Å². The highest BCUT2D eigenvalue weighted by Crippen LogP contribution is 2.28. The van der Waals surface area contributed by atoms with Crippen LogP contribution in [0.5, 0.6) is 0 Å². The van der Waals surface area contributed by atoms with Gasteiger partial charge in [-0.05, 0) is 49.2 Å². The lowest BCUT2D eigenvalue weighted by molar-refractivity contribution is -0.141. The Balaban J connectivity index is 2.17. The van der Waals surface area contributed by atoms with Crippen molar-refractivity contribution < 1.29 is 9.59 Å². The van der Waals surface area contributed by atoms with E-state index in [1.54, 1.807) is 34.9 Å². The average molecular weight is 502 g/mol. The van der Waals surface area contributed by atoms with Crippen molar-refractivity contribution in [2.75, 3.05) is 12.3 Å². The first-order valence-electron chi connectivity index (χ1n) is 10.3. The molecule has 0 aromatic heterocycles. The molecule has 0 unspecified atom stereocenters. The van der Waals surface area contributed by atoms with Gasteiger partial charge >= 0.3 is 0 Å². The molecule has 8 heteroatoms. The van der Waals surface area contributed by atoms with Gasteiger partial charge in [0.15, 0.2) is 0 Å². The number of hydrogen-bond donors (Lipinski definition) is 1. The molecule has 0 radical (unpaired) electrons. The second-order valence-corrected chi connectivity index (χ2v) is 9.41. The molecule has 168 valence electrons. The Kier molecular flexibility index (Phi) is 11.0. The van der Waals surface area contributed by atoms with Crippen LogP contribution < -0.4 is 5.32 Å². The quantitative estimate of drug-likeness (QED) is 0.359. The van der Waals surface area contributed by atoms with Gasteiger partial charge in [-0.2, -0.15) is 0 Å². The third-order valence-electron chi connectivity index (χ3n) is 4.72. The molecule has 4 nitrogen and oxygen atoms in total. The minimum absolute atomic E-state index is 0.115.